The van der Waals surface area contributed by atoms with Gasteiger partial charge >= 0.3 is 0 Å². The first kappa shape index (κ1) is 15.3. The number of hydrogen-bond donors (Lipinski definition) is 1. The van der Waals surface area contributed by atoms with Gasteiger partial charge in [0, 0.05) is 4.88 Å². The topological polar surface area (TPSA) is 50.7 Å². The predicted octanol–water partition coefficient (Wildman–Crippen LogP) is 3.28. The summed E-state index contributed by atoms with van der Waals surface area (Å²) in [7, 11) is 0. The Hall–Kier alpha value is -2.14. The minimum Gasteiger partial charge on any atom is -0.484 e. The van der Waals surface area contributed by atoms with Gasteiger partial charge in [-0.15, -0.1) is 11.3 Å². The maximum atomic E-state index is 11.7. The highest BCUT2D eigenvalue weighted by molar-refractivity contribution is 7.12. The molecule has 0 unspecified atom stereocenters. The van der Waals surface area contributed by atoms with E-state index in [9.17, 15) is 4.79 Å². The molecular formula is C16H18N2O2S. The SMILES string of the molecule is CC(=NNC(=O)COc1cc(C)cc(C)c1)c1cccs1. The van der Waals surface area contributed by atoms with Gasteiger partial charge in [0.15, 0.2) is 6.61 Å². The van der Waals surface area contributed by atoms with Crippen LogP contribution in [0.4, 0.5) is 0 Å². The van der Waals surface area contributed by atoms with E-state index in [2.05, 4.69) is 16.6 Å². The van der Waals surface area contributed by atoms with Crippen LogP contribution < -0.4 is 10.2 Å². The van der Waals surface area contributed by atoms with Gasteiger partial charge in [-0.1, -0.05) is 12.1 Å². The second kappa shape index (κ2) is 7.04. The first-order chi connectivity index (χ1) is 10.0. The number of nitrogens with one attached hydrogen (secondary N) is 1. The molecule has 5 heteroatoms. The molecule has 0 saturated heterocycles. The molecule has 0 fully saturated rings. The molecule has 0 spiro atoms. The normalized spacial score (nSPS) is 11.3. The zero-order valence-corrected chi connectivity index (χ0v) is 13.2. The summed E-state index contributed by atoms with van der Waals surface area (Å²) in [6.07, 6.45) is 0. The third kappa shape index (κ3) is 4.72. The molecule has 0 aliphatic carbocycles. The van der Waals surface area contributed by atoms with Crippen LogP contribution in [0.2, 0.25) is 0 Å². The summed E-state index contributed by atoms with van der Waals surface area (Å²) in [5, 5.41) is 6.03. The molecule has 2 aromatic rings. The first-order valence-corrected chi connectivity index (χ1v) is 7.50. The Labute approximate surface area is 128 Å². The molecular weight excluding hydrogens is 284 g/mol. The summed E-state index contributed by atoms with van der Waals surface area (Å²) in [5.41, 5.74) is 5.50. The molecule has 4 nitrogen and oxygen atoms in total. The molecule has 0 saturated carbocycles. The van der Waals surface area contributed by atoms with E-state index in [1.54, 1.807) is 11.3 Å². The van der Waals surface area contributed by atoms with Crippen molar-refractivity contribution in [3.8, 4) is 5.75 Å². The minimum atomic E-state index is -0.273. The van der Waals surface area contributed by atoms with Crippen LogP contribution in [0, 0.1) is 13.8 Å². The molecule has 1 heterocycles. The number of carbonyl (C=O) groups excluding carboxylic acids is 1. The van der Waals surface area contributed by atoms with Crippen LogP contribution in [0.25, 0.3) is 0 Å². The Morgan fingerprint density at radius 2 is 2.00 bits per heavy atom. The van der Waals surface area contributed by atoms with E-state index >= 15 is 0 Å². The van der Waals surface area contributed by atoms with Crippen LogP contribution in [0.5, 0.6) is 5.75 Å². The summed E-state index contributed by atoms with van der Waals surface area (Å²) >= 11 is 1.58. The number of hydrazone groups is 1. The molecule has 0 aliphatic rings. The number of thiophene rings is 1. The highest BCUT2D eigenvalue weighted by Gasteiger charge is 2.04. The Morgan fingerprint density at radius 3 is 2.62 bits per heavy atom. The van der Waals surface area contributed by atoms with Gasteiger partial charge in [0.2, 0.25) is 0 Å². The lowest BCUT2D eigenvalue weighted by molar-refractivity contribution is -0.123. The van der Waals surface area contributed by atoms with Gasteiger partial charge in [-0.3, -0.25) is 4.79 Å². The first-order valence-electron chi connectivity index (χ1n) is 6.62. The van der Waals surface area contributed by atoms with Crippen LogP contribution in [-0.4, -0.2) is 18.2 Å². The average Bonchev–Trinajstić information content (AvgIpc) is 2.95. The molecule has 110 valence electrons. The molecule has 1 amide bonds. The standard InChI is InChI=1S/C16H18N2O2S/c1-11-7-12(2)9-14(8-11)20-10-16(19)18-17-13(3)15-5-4-6-21-15/h4-9H,10H2,1-3H3,(H,18,19). The largest absolute Gasteiger partial charge is 0.484 e. The summed E-state index contributed by atoms with van der Waals surface area (Å²) < 4.78 is 5.47. The van der Waals surface area contributed by atoms with Gasteiger partial charge in [-0.2, -0.15) is 5.10 Å². The van der Waals surface area contributed by atoms with Gasteiger partial charge in [0.1, 0.15) is 5.75 Å². The average molecular weight is 302 g/mol. The van der Waals surface area contributed by atoms with Crippen LogP contribution in [0.1, 0.15) is 22.9 Å². The van der Waals surface area contributed by atoms with Crippen LogP contribution >= 0.6 is 11.3 Å². The monoisotopic (exact) mass is 302 g/mol. The third-order valence-electron chi connectivity index (χ3n) is 2.79. The lowest BCUT2D eigenvalue weighted by atomic mass is 10.1. The Morgan fingerprint density at radius 1 is 1.29 bits per heavy atom. The second-order valence-corrected chi connectivity index (χ2v) is 5.77. The fourth-order valence-corrected chi connectivity index (χ4v) is 2.56. The molecule has 0 aliphatic heterocycles. The van der Waals surface area contributed by atoms with E-state index in [1.807, 2.05) is 50.4 Å². The highest BCUT2D eigenvalue weighted by atomic mass is 32.1. The Bertz CT molecular complexity index is 628. The number of carbonyl (C=O) groups is 1. The number of rotatable bonds is 5. The number of amides is 1. The zero-order chi connectivity index (χ0) is 15.2. The molecule has 1 N–H and O–H groups in total. The Kier molecular flexibility index (Phi) is 5.11. The van der Waals surface area contributed by atoms with E-state index in [-0.39, 0.29) is 12.5 Å². The maximum Gasteiger partial charge on any atom is 0.277 e. The van der Waals surface area contributed by atoms with Crippen molar-refractivity contribution in [2.75, 3.05) is 6.61 Å². The zero-order valence-electron chi connectivity index (χ0n) is 12.3. The van der Waals surface area contributed by atoms with Gasteiger partial charge in [0.25, 0.3) is 5.91 Å². The van der Waals surface area contributed by atoms with E-state index in [0.717, 1.165) is 21.7 Å². The lowest BCUT2D eigenvalue weighted by Crippen LogP contribution is -2.25. The fourth-order valence-electron chi connectivity index (χ4n) is 1.88. The van der Waals surface area contributed by atoms with Crippen LogP contribution in [0.3, 0.4) is 0 Å². The predicted molar refractivity (Wildman–Crippen MR) is 86.1 cm³/mol. The highest BCUT2D eigenvalue weighted by Crippen LogP contribution is 2.16. The number of aryl methyl sites for hydroxylation is 2. The number of benzene rings is 1. The third-order valence-corrected chi connectivity index (χ3v) is 3.77. The van der Waals surface area contributed by atoms with Crippen molar-refractivity contribution < 1.29 is 9.53 Å². The van der Waals surface area contributed by atoms with Gasteiger partial charge < -0.3 is 4.74 Å². The van der Waals surface area contributed by atoms with Gasteiger partial charge in [-0.25, -0.2) is 5.43 Å². The molecule has 1 aromatic heterocycles. The molecule has 0 radical (unpaired) electrons. The quantitative estimate of drug-likeness (QED) is 0.680. The van der Waals surface area contributed by atoms with Crippen molar-refractivity contribution in [2.24, 2.45) is 5.10 Å². The van der Waals surface area contributed by atoms with Crippen molar-refractivity contribution >= 4 is 23.0 Å². The summed E-state index contributed by atoms with van der Waals surface area (Å²) in [6.45, 7) is 5.80. The van der Waals surface area contributed by atoms with Crippen molar-refractivity contribution in [1.29, 1.82) is 0 Å². The van der Waals surface area contributed by atoms with E-state index < -0.39 is 0 Å². The summed E-state index contributed by atoms with van der Waals surface area (Å²) in [5.74, 6) is 0.423. The number of hydrogen-bond acceptors (Lipinski definition) is 4. The van der Waals surface area contributed by atoms with Gasteiger partial charge in [-0.05, 0) is 55.5 Å². The van der Waals surface area contributed by atoms with Crippen molar-refractivity contribution in [3.63, 3.8) is 0 Å². The van der Waals surface area contributed by atoms with E-state index in [1.165, 1.54) is 0 Å². The van der Waals surface area contributed by atoms with E-state index in [0.29, 0.717) is 5.75 Å². The molecule has 0 atom stereocenters. The smallest absolute Gasteiger partial charge is 0.277 e. The maximum absolute atomic E-state index is 11.7. The number of nitrogens with zero attached hydrogens (tertiary/aromatic N) is 1. The second-order valence-electron chi connectivity index (χ2n) is 4.82. The molecule has 2 rings (SSSR count). The van der Waals surface area contributed by atoms with Gasteiger partial charge in [0.05, 0.1) is 5.71 Å². The fraction of sp³-hybridized carbons (Fsp3) is 0.250. The summed E-state index contributed by atoms with van der Waals surface area (Å²) in [4.78, 5) is 12.8. The Balaban J connectivity index is 1.86. The van der Waals surface area contributed by atoms with E-state index in [4.69, 9.17) is 4.74 Å². The molecule has 21 heavy (non-hydrogen) atoms. The van der Waals surface area contributed by atoms with Crippen LogP contribution in [0.15, 0.2) is 40.8 Å². The minimum absolute atomic E-state index is 0.0515. The van der Waals surface area contributed by atoms with Crippen LogP contribution in [-0.2, 0) is 4.79 Å². The summed E-state index contributed by atoms with van der Waals surface area (Å²) in [6, 6.07) is 9.77. The van der Waals surface area contributed by atoms with Crippen molar-refractivity contribution in [2.45, 2.75) is 20.8 Å². The molecule has 0 bridgehead atoms. The lowest BCUT2D eigenvalue weighted by Gasteiger charge is -2.07. The molecule has 1 aromatic carbocycles. The van der Waals surface area contributed by atoms with Crippen molar-refractivity contribution in [1.82, 2.24) is 5.43 Å². The van der Waals surface area contributed by atoms with Crippen molar-refractivity contribution in [3.05, 3.63) is 51.7 Å². The number of ether oxygens (including phenoxy) is 1.